The molecule has 10 heteroatoms. The lowest BCUT2D eigenvalue weighted by Crippen LogP contribution is -2.31. The first-order valence-electron chi connectivity index (χ1n) is 9.96. The molecule has 4 rings (SSSR count). The summed E-state index contributed by atoms with van der Waals surface area (Å²) in [6.07, 6.45) is 0.623. The van der Waals surface area contributed by atoms with Gasteiger partial charge in [0.25, 0.3) is 11.6 Å². The van der Waals surface area contributed by atoms with Crippen LogP contribution in [0.25, 0.3) is 11.3 Å². The molecule has 0 aliphatic carbocycles. The second-order valence-electron chi connectivity index (χ2n) is 7.35. The van der Waals surface area contributed by atoms with Crippen molar-refractivity contribution >= 4 is 11.6 Å². The number of phenolic OH excluding ortho intramolecular Hbond substituents is 1. The van der Waals surface area contributed by atoms with Crippen molar-refractivity contribution in [2.75, 3.05) is 27.4 Å². The first-order valence-corrected chi connectivity index (χ1v) is 9.96. The van der Waals surface area contributed by atoms with E-state index in [1.54, 1.807) is 36.3 Å². The lowest BCUT2D eigenvalue weighted by atomic mass is 9.95. The van der Waals surface area contributed by atoms with Crippen molar-refractivity contribution in [3.63, 3.8) is 0 Å². The number of ether oxygens (including phenoxy) is 2. The number of non-ortho nitro benzene ring substituents is 1. The predicted octanol–water partition coefficient (Wildman–Crippen LogP) is 3.28. The number of carbonyl (C=O) groups is 1. The zero-order valence-corrected chi connectivity index (χ0v) is 17.6. The fraction of sp³-hybridized carbons (Fsp3) is 0.273. The number of nitro groups is 1. The van der Waals surface area contributed by atoms with E-state index in [9.17, 15) is 20.0 Å². The molecule has 0 saturated heterocycles. The van der Waals surface area contributed by atoms with Crippen LogP contribution in [0.15, 0.2) is 42.5 Å². The van der Waals surface area contributed by atoms with Crippen LogP contribution in [0.4, 0.5) is 5.69 Å². The Morgan fingerprint density at radius 2 is 2.06 bits per heavy atom. The molecule has 10 nitrogen and oxygen atoms in total. The molecule has 0 radical (unpaired) electrons. The van der Waals surface area contributed by atoms with Crippen molar-refractivity contribution in [1.29, 1.82) is 0 Å². The number of aromatic amines is 1. The Kier molecular flexibility index (Phi) is 5.78. The minimum Gasteiger partial charge on any atom is -0.504 e. The van der Waals surface area contributed by atoms with E-state index in [1.165, 1.54) is 25.3 Å². The van der Waals surface area contributed by atoms with E-state index in [-0.39, 0.29) is 23.1 Å². The van der Waals surface area contributed by atoms with Crippen molar-refractivity contribution in [2.45, 2.75) is 12.5 Å². The van der Waals surface area contributed by atoms with Crippen molar-refractivity contribution in [1.82, 2.24) is 15.1 Å². The molecule has 1 amide bonds. The number of hydrogen-bond acceptors (Lipinski definition) is 7. The summed E-state index contributed by atoms with van der Waals surface area (Å²) in [7, 11) is 3.05. The highest BCUT2D eigenvalue weighted by atomic mass is 16.6. The monoisotopic (exact) mass is 438 g/mol. The molecule has 1 aliphatic heterocycles. The molecule has 1 atom stereocenters. The van der Waals surface area contributed by atoms with Crippen molar-refractivity contribution in [2.24, 2.45) is 0 Å². The molecule has 0 fully saturated rings. The smallest absolute Gasteiger partial charge is 0.273 e. The van der Waals surface area contributed by atoms with Crippen LogP contribution in [0.5, 0.6) is 11.5 Å². The predicted molar refractivity (Wildman–Crippen MR) is 115 cm³/mol. The van der Waals surface area contributed by atoms with Crippen LogP contribution in [0.2, 0.25) is 0 Å². The molecule has 2 aromatic carbocycles. The summed E-state index contributed by atoms with van der Waals surface area (Å²) < 4.78 is 10.4. The number of nitrogens with zero attached hydrogens (tertiary/aromatic N) is 3. The molecule has 1 aromatic heterocycles. The van der Waals surface area contributed by atoms with Crippen LogP contribution < -0.4 is 4.74 Å². The van der Waals surface area contributed by atoms with E-state index in [1.807, 2.05) is 0 Å². The Balaban J connectivity index is 1.85. The Hall–Kier alpha value is -3.92. The topological polar surface area (TPSA) is 131 Å². The van der Waals surface area contributed by atoms with Crippen molar-refractivity contribution < 1.29 is 24.3 Å². The average molecular weight is 438 g/mol. The van der Waals surface area contributed by atoms with Crippen LogP contribution in [-0.4, -0.2) is 58.4 Å². The van der Waals surface area contributed by atoms with E-state index in [0.717, 1.165) is 5.56 Å². The van der Waals surface area contributed by atoms with Gasteiger partial charge in [-0.1, -0.05) is 18.2 Å². The third-order valence-corrected chi connectivity index (χ3v) is 5.46. The zero-order chi connectivity index (χ0) is 22.8. The molecular formula is C22H22N4O6. The number of fused-ring (bicyclic) bond motifs is 1. The van der Waals surface area contributed by atoms with Crippen LogP contribution in [0.3, 0.4) is 0 Å². The molecule has 166 valence electrons. The fourth-order valence-corrected chi connectivity index (χ4v) is 4.00. The van der Waals surface area contributed by atoms with Gasteiger partial charge in [0, 0.05) is 43.5 Å². The number of H-pyrrole nitrogens is 1. The fourth-order valence-electron chi connectivity index (χ4n) is 4.00. The van der Waals surface area contributed by atoms with Gasteiger partial charge in [0.1, 0.15) is 5.69 Å². The number of carbonyl (C=O) groups excluding carboxylic acids is 1. The van der Waals surface area contributed by atoms with Gasteiger partial charge < -0.3 is 19.5 Å². The van der Waals surface area contributed by atoms with E-state index < -0.39 is 11.0 Å². The second-order valence-corrected chi connectivity index (χ2v) is 7.35. The molecular weight excluding hydrogens is 416 g/mol. The molecule has 2 heterocycles. The zero-order valence-electron chi connectivity index (χ0n) is 17.6. The maximum atomic E-state index is 13.2. The van der Waals surface area contributed by atoms with Gasteiger partial charge >= 0.3 is 0 Å². The number of rotatable bonds is 8. The van der Waals surface area contributed by atoms with Gasteiger partial charge in [-0.2, -0.15) is 5.10 Å². The standard InChI is InChI=1S/C22H22N4O6/c1-31-10-4-9-25-21(14-7-8-16(27)17(12-14)32-2)18-19(23-24-20(18)22(25)28)13-5-3-6-15(11-13)26(29)30/h3,5-8,11-12,21,27H,4,9-10H2,1-2H3,(H,23,24). The SMILES string of the molecule is COCCCN1C(=O)c2[nH]nc(-c3cccc([N+](=O)[O-])c3)c2C1c1ccc(O)c(OC)c1. The average Bonchev–Trinajstić information content (AvgIpc) is 3.34. The summed E-state index contributed by atoms with van der Waals surface area (Å²) in [5, 5.41) is 28.4. The summed E-state index contributed by atoms with van der Waals surface area (Å²) in [5.41, 5.74) is 2.60. The normalized spacial score (nSPS) is 15.1. The van der Waals surface area contributed by atoms with Crippen LogP contribution in [0.1, 0.15) is 34.1 Å². The van der Waals surface area contributed by atoms with E-state index in [4.69, 9.17) is 9.47 Å². The summed E-state index contributed by atoms with van der Waals surface area (Å²) in [6.45, 7) is 0.913. The van der Waals surface area contributed by atoms with E-state index >= 15 is 0 Å². The third-order valence-electron chi connectivity index (χ3n) is 5.46. The quantitative estimate of drug-likeness (QED) is 0.313. The summed E-state index contributed by atoms with van der Waals surface area (Å²) >= 11 is 0. The van der Waals surface area contributed by atoms with Crippen LogP contribution in [0, 0.1) is 10.1 Å². The van der Waals surface area contributed by atoms with Crippen LogP contribution in [-0.2, 0) is 4.74 Å². The number of phenols is 1. The lowest BCUT2D eigenvalue weighted by Gasteiger charge is -2.26. The first kappa shape index (κ1) is 21.3. The Morgan fingerprint density at radius 3 is 2.78 bits per heavy atom. The van der Waals surface area contributed by atoms with Gasteiger partial charge in [-0.05, 0) is 24.1 Å². The highest BCUT2D eigenvalue weighted by Gasteiger charge is 2.42. The first-order chi connectivity index (χ1) is 15.5. The number of nitrogens with one attached hydrogen (secondary N) is 1. The maximum absolute atomic E-state index is 13.2. The van der Waals surface area contributed by atoms with E-state index in [2.05, 4.69) is 10.2 Å². The molecule has 1 aliphatic rings. The molecule has 0 spiro atoms. The number of nitro benzene ring substituents is 1. The Bertz CT molecular complexity index is 1170. The lowest BCUT2D eigenvalue weighted by molar-refractivity contribution is -0.384. The number of hydrogen-bond donors (Lipinski definition) is 2. The van der Waals surface area contributed by atoms with Gasteiger partial charge in [0.05, 0.1) is 23.8 Å². The van der Waals surface area contributed by atoms with Crippen molar-refractivity contribution in [3.8, 4) is 22.8 Å². The Labute approximate surface area is 183 Å². The van der Waals surface area contributed by atoms with Gasteiger partial charge in [-0.3, -0.25) is 20.0 Å². The number of benzene rings is 2. The molecule has 0 bridgehead atoms. The molecule has 3 aromatic rings. The van der Waals surface area contributed by atoms with Gasteiger partial charge in [0.2, 0.25) is 0 Å². The number of aromatic hydroxyl groups is 1. The second kappa shape index (κ2) is 8.67. The minimum absolute atomic E-state index is 0.0159. The van der Waals surface area contributed by atoms with Gasteiger partial charge in [0.15, 0.2) is 11.5 Å². The highest BCUT2D eigenvalue weighted by molar-refractivity contribution is 6.00. The van der Waals surface area contributed by atoms with E-state index in [0.29, 0.717) is 42.1 Å². The van der Waals surface area contributed by atoms with Gasteiger partial charge in [-0.25, -0.2) is 0 Å². The number of amides is 1. The summed E-state index contributed by atoms with van der Waals surface area (Å²) in [4.78, 5) is 25.7. The van der Waals surface area contributed by atoms with Crippen molar-refractivity contribution in [3.05, 3.63) is 69.4 Å². The summed E-state index contributed by atoms with van der Waals surface area (Å²) in [5.74, 6) is 0.0378. The Morgan fingerprint density at radius 1 is 1.25 bits per heavy atom. The molecule has 1 unspecified atom stereocenters. The highest BCUT2D eigenvalue weighted by Crippen LogP contribution is 2.44. The minimum atomic E-state index is -0.517. The molecule has 32 heavy (non-hydrogen) atoms. The van der Waals surface area contributed by atoms with Gasteiger partial charge in [-0.15, -0.1) is 0 Å². The molecule has 2 N–H and O–H groups in total. The number of aromatic nitrogens is 2. The largest absolute Gasteiger partial charge is 0.504 e. The number of methoxy groups -OCH3 is 2. The third kappa shape index (κ3) is 3.65. The van der Waals surface area contributed by atoms with Crippen LogP contribution >= 0.6 is 0 Å². The maximum Gasteiger partial charge on any atom is 0.273 e. The molecule has 0 saturated carbocycles. The summed E-state index contributed by atoms with van der Waals surface area (Å²) in [6, 6.07) is 10.5.